The smallest absolute Gasteiger partial charge is 0.259 e. The first-order valence-electron chi connectivity index (χ1n) is 12.8. The summed E-state index contributed by atoms with van der Waals surface area (Å²) in [6.07, 6.45) is -7.50. The maximum Gasteiger partial charge on any atom is 0.259 e. The number of aromatic hydroxyl groups is 1. The normalized spacial score (nSPS) is 24.5. The number of methoxy groups -OCH3 is 2. The molecular formula is C28H25N3O10. The third kappa shape index (κ3) is 3.29. The quantitative estimate of drug-likeness (QED) is 0.155. The van der Waals surface area contributed by atoms with Crippen molar-refractivity contribution in [2.24, 2.45) is 0 Å². The summed E-state index contributed by atoms with van der Waals surface area (Å²) in [7, 11) is 2.96. The standard InChI is InChI=1S/C28H25N3O10/c1-39-14-6-10-12(7-15(14)40-2)29-21-17(10)19-20(27(38)30-26(19)37)18-11-5-9(33)3-4-13(11)31(22(18)21)28-25(36)24(35)23(34)16(8-32)41-28/h3-7,16,23-25,28-29,32-36H,8H2,1-2H3,(H,30,37,38)/t16-,23+,24-,25-,28?/m1/s1. The minimum absolute atomic E-state index is 0.0622. The van der Waals surface area contributed by atoms with Gasteiger partial charge in [0.1, 0.15) is 30.2 Å². The topological polar surface area (TPSA) is 196 Å². The van der Waals surface area contributed by atoms with Crippen LogP contribution in [-0.4, -0.2) is 92.1 Å². The summed E-state index contributed by atoms with van der Waals surface area (Å²) in [4.78, 5) is 29.9. The van der Waals surface area contributed by atoms with Crippen molar-refractivity contribution in [1.29, 1.82) is 0 Å². The molecule has 5 aromatic rings. The van der Waals surface area contributed by atoms with E-state index in [2.05, 4.69) is 10.3 Å². The number of nitrogens with zero attached hydrogens (tertiary/aromatic N) is 1. The Hall–Kier alpha value is -4.40. The lowest BCUT2D eigenvalue weighted by Crippen LogP contribution is -2.56. The summed E-state index contributed by atoms with van der Waals surface area (Å²) < 4.78 is 18.4. The highest BCUT2D eigenvalue weighted by Gasteiger charge is 2.46. The van der Waals surface area contributed by atoms with E-state index in [0.29, 0.717) is 55.1 Å². The number of aliphatic hydroxyl groups excluding tert-OH is 4. The largest absolute Gasteiger partial charge is 0.508 e. The van der Waals surface area contributed by atoms with Crippen molar-refractivity contribution in [2.75, 3.05) is 20.8 Å². The van der Waals surface area contributed by atoms with Crippen LogP contribution in [0.25, 0.3) is 43.6 Å². The zero-order chi connectivity index (χ0) is 28.9. The van der Waals surface area contributed by atoms with E-state index in [9.17, 15) is 35.1 Å². The third-order valence-electron chi connectivity index (χ3n) is 8.08. The number of rotatable bonds is 4. The van der Waals surface area contributed by atoms with Crippen LogP contribution in [0.1, 0.15) is 26.9 Å². The van der Waals surface area contributed by atoms with Crippen LogP contribution in [-0.2, 0) is 4.74 Å². The molecular weight excluding hydrogens is 538 g/mol. The first-order chi connectivity index (χ1) is 19.7. The number of hydrogen-bond donors (Lipinski definition) is 7. The van der Waals surface area contributed by atoms with Crippen molar-refractivity contribution in [1.82, 2.24) is 14.9 Å². The minimum Gasteiger partial charge on any atom is -0.508 e. The fourth-order valence-corrected chi connectivity index (χ4v) is 6.25. The van der Waals surface area contributed by atoms with E-state index in [1.165, 1.54) is 30.9 Å². The molecule has 7 rings (SSSR count). The van der Waals surface area contributed by atoms with Crippen molar-refractivity contribution in [3.8, 4) is 17.2 Å². The summed E-state index contributed by atoms with van der Waals surface area (Å²) in [6.45, 7) is -0.646. The van der Waals surface area contributed by atoms with Gasteiger partial charge in [-0.1, -0.05) is 0 Å². The number of H-pyrrole nitrogens is 1. The SMILES string of the molecule is COc1cc2[nH]c3c(c4c(c5c6cc(O)ccc6n(C6O[C@H](CO)[C@H](O)[C@@H](O)[C@H]6O)c35)C(=O)NC4=O)c2cc1OC. The maximum atomic E-state index is 13.3. The number of aromatic nitrogens is 2. The summed E-state index contributed by atoms with van der Waals surface area (Å²) in [5.41, 5.74) is 1.83. The number of benzene rings is 3. The van der Waals surface area contributed by atoms with E-state index in [1.54, 1.807) is 18.2 Å². The molecule has 2 amide bonds. The summed E-state index contributed by atoms with van der Waals surface area (Å²) in [6, 6.07) is 7.75. The Morgan fingerprint density at radius 1 is 0.902 bits per heavy atom. The van der Waals surface area contributed by atoms with E-state index < -0.39 is 49.1 Å². The number of aromatic amines is 1. The van der Waals surface area contributed by atoms with E-state index in [-0.39, 0.29) is 16.9 Å². The summed E-state index contributed by atoms with van der Waals surface area (Å²) in [5, 5.41) is 56.5. The molecule has 5 atom stereocenters. The molecule has 2 aromatic heterocycles. The Balaban J connectivity index is 1.71. The van der Waals surface area contributed by atoms with Crippen LogP contribution in [0.3, 0.4) is 0 Å². The van der Waals surface area contributed by atoms with Gasteiger partial charge in [-0.3, -0.25) is 14.9 Å². The van der Waals surface area contributed by atoms with Crippen LogP contribution >= 0.6 is 0 Å². The maximum absolute atomic E-state index is 13.3. The van der Waals surface area contributed by atoms with Crippen molar-refractivity contribution in [2.45, 2.75) is 30.6 Å². The van der Waals surface area contributed by atoms with Gasteiger partial charge in [-0.15, -0.1) is 0 Å². The fraction of sp³-hybridized carbons (Fsp3) is 0.286. The van der Waals surface area contributed by atoms with Gasteiger partial charge >= 0.3 is 0 Å². The monoisotopic (exact) mass is 563 g/mol. The van der Waals surface area contributed by atoms with Gasteiger partial charge in [0.05, 0.1) is 54.0 Å². The molecule has 2 aliphatic rings. The molecule has 7 N–H and O–H groups in total. The minimum atomic E-state index is -1.68. The zero-order valence-corrected chi connectivity index (χ0v) is 21.7. The predicted octanol–water partition coefficient (Wildman–Crippen LogP) is 1.01. The van der Waals surface area contributed by atoms with Gasteiger partial charge < -0.3 is 49.3 Å². The second-order valence-electron chi connectivity index (χ2n) is 10.2. The Bertz CT molecular complexity index is 1940. The molecule has 0 radical (unpaired) electrons. The molecule has 0 saturated carbocycles. The van der Waals surface area contributed by atoms with Gasteiger partial charge in [-0.2, -0.15) is 0 Å². The molecule has 2 aliphatic heterocycles. The van der Waals surface area contributed by atoms with Crippen LogP contribution in [0.15, 0.2) is 30.3 Å². The number of phenolic OH excluding ortho intramolecular Hbond substituents is 1. The molecule has 13 heteroatoms. The van der Waals surface area contributed by atoms with Gasteiger partial charge in [0.15, 0.2) is 17.7 Å². The Kier molecular flexibility index (Phi) is 5.48. The van der Waals surface area contributed by atoms with Gasteiger partial charge in [-0.05, 0) is 24.3 Å². The number of aliphatic hydroxyl groups is 4. The number of phenols is 1. The number of imide groups is 1. The molecule has 1 fully saturated rings. The number of carbonyl (C=O) groups is 2. The molecule has 1 saturated heterocycles. The third-order valence-corrected chi connectivity index (χ3v) is 8.08. The van der Waals surface area contributed by atoms with Crippen LogP contribution in [0.5, 0.6) is 17.2 Å². The van der Waals surface area contributed by atoms with Crippen LogP contribution < -0.4 is 14.8 Å². The van der Waals surface area contributed by atoms with Crippen molar-refractivity contribution < 1.29 is 49.3 Å². The summed E-state index contributed by atoms with van der Waals surface area (Å²) >= 11 is 0. The van der Waals surface area contributed by atoms with Crippen LogP contribution in [0, 0.1) is 0 Å². The van der Waals surface area contributed by atoms with E-state index in [4.69, 9.17) is 14.2 Å². The molecule has 41 heavy (non-hydrogen) atoms. The number of hydrogen-bond acceptors (Lipinski definition) is 10. The lowest BCUT2D eigenvalue weighted by molar-refractivity contribution is -0.249. The van der Waals surface area contributed by atoms with E-state index >= 15 is 0 Å². The van der Waals surface area contributed by atoms with Gasteiger partial charge in [0.25, 0.3) is 11.8 Å². The second kappa shape index (κ2) is 8.80. The Labute approximate surface area is 230 Å². The van der Waals surface area contributed by atoms with Crippen molar-refractivity contribution >= 4 is 55.4 Å². The first kappa shape index (κ1) is 25.6. The molecule has 4 heterocycles. The Morgan fingerprint density at radius 2 is 1.59 bits per heavy atom. The van der Waals surface area contributed by atoms with Gasteiger partial charge in [-0.25, -0.2) is 0 Å². The molecule has 0 spiro atoms. The average Bonchev–Trinajstić information content (AvgIpc) is 3.59. The van der Waals surface area contributed by atoms with Crippen molar-refractivity contribution in [3.05, 3.63) is 41.5 Å². The molecule has 0 aliphatic carbocycles. The number of ether oxygens (including phenoxy) is 3. The number of nitrogens with one attached hydrogen (secondary N) is 2. The van der Waals surface area contributed by atoms with Crippen LogP contribution in [0.4, 0.5) is 0 Å². The molecule has 212 valence electrons. The number of carbonyl (C=O) groups excluding carboxylic acids is 2. The molecule has 13 nitrogen and oxygen atoms in total. The molecule has 3 aromatic carbocycles. The van der Waals surface area contributed by atoms with E-state index in [1.807, 2.05) is 0 Å². The van der Waals surface area contributed by atoms with Crippen molar-refractivity contribution in [3.63, 3.8) is 0 Å². The summed E-state index contributed by atoms with van der Waals surface area (Å²) in [5.74, 6) is -0.572. The van der Waals surface area contributed by atoms with Gasteiger partial charge in [0.2, 0.25) is 0 Å². The van der Waals surface area contributed by atoms with E-state index in [0.717, 1.165) is 0 Å². The highest BCUT2D eigenvalue weighted by atomic mass is 16.6. The zero-order valence-electron chi connectivity index (χ0n) is 21.7. The Morgan fingerprint density at radius 3 is 2.27 bits per heavy atom. The predicted molar refractivity (Wildman–Crippen MR) is 144 cm³/mol. The lowest BCUT2D eigenvalue weighted by Gasteiger charge is -2.41. The van der Waals surface area contributed by atoms with Crippen LogP contribution in [0.2, 0.25) is 0 Å². The first-order valence-corrected chi connectivity index (χ1v) is 12.8. The number of fused-ring (bicyclic) bond motifs is 10. The fourth-order valence-electron chi connectivity index (χ4n) is 6.25. The lowest BCUT2D eigenvalue weighted by atomic mass is 9.96. The average molecular weight is 564 g/mol. The highest BCUT2D eigenvalue weighted by Crippen LogP contribution is 2.47. The number of amides is 2. The molecule has 1 unspecified atom stereocenters. The second-order valence-corrected chi connectivity index (χ2v) is 10.2. The van der Waals surface area contributed by atoms with Gasteiger partial charge in [0, 0.05) is 27.6 Å². The highest BCUT2D eigenvalue weighted by molar-refractivity contribution is 6.39. The molecule has 0 bridgehead atoms.